The van der Waals surface area contributed by atoms with Gasteiger partial charge in [-0.1, -0.05) is 17.7 Å². The van der Waals surface area contributed by atoms with Crippen LogP contribution in [0.25, 0.3) is 11.0 Å². The topological polar surface area (TPSA) is 21.1 Å². The Morgan fingerprint density at radius 1 is 1.29 bits per heavy atom. The Morgan fingerprint density at radius 3 is 2.67 bits per heavy atom. The number of aromatic nitrogens is 2. The second kappa shape index (κ2) is 5.15. The van der Waals surface area contributed by atoms with Gasteiger partial charge in [0.25, 0.3) is 0 Å². The van der Waals surface area contributed by atoms with E-state index >= 15 is 0 Å². The summed E-state index contributed by atoms with van der Waals surface area (Å²) in [4.78, 5) is 7.31. The summed E-state index contributed by atoms with van der Waals surface area (Å²) in [6.07, 6.45) is 2.54. The Morgan fingerprint density at radius 2 is 2.05 bits per heavy atom. The molecular weight excluding hydrogens is 305 g/mol. The van der Waals surface area contributed by atoms with E-state index in [2.05, 4.69) is 9.47 Å². The predicted octanol–water partition coefficient (Wildman–Crippen LogP) is 4.26. The van der Waals surface area contributed by atoms with Gasteiger partial charge in [0.2, 0.25) is 0 Å². The van der Waals surface area contributed by atoms with Crippen LogP contribution in [0, 0.1) is 5.92 Å². The first-order valence-electron chi connectivity index (χ1n) is 7.68. The maximum atomic E-state index is 6.48. The highest BCUT2D eigenvalue weighted by Crippen LogP contribution is 2.41. The van der Waals surface area contributed by atoms with Crippen LogP contribution in [0.3, 0.4) is 0 Å². The Kier molecular flexibility index (Phi) is 3.40. The van der Waals surface area contributed by atoms with Gasteiger partial charge >= 0.3 is 0 Å². The molecule has 1 aromatic heterocycles. The van der Waals surface area contributed by atoms with Crippen molar-refractivity contribution in [3.63, 3.8) is 0 Å². The fraction of sp³-hybridized carbons (Fsp3) is 0.562. The second-order valence-corrected chi connectivity index (χ2v) is 7.33. The van der Waals surface area contributed by atoms with Crippen LogP contribution in [0.2, 0.25) is 5.02 Å². The van der Waals surface area contributed by atoms with E-state index in [0.29, 0.717) is 6.04 Å². The summed E-state index contributed by atoms with van der Waals surface area (Å²) >= 11 is 12.9. The quantitative estimate of drug-likeness (QED) is 0.770. The van der Waals surface area contributed by atoms with E-state index in [0.717, 1.165) is 34.3 Å². The van der Waals surface area contributed by atoms with Gasteiger partial charge in [0, 0.05) is 6.54 Å². The lowest BCUT2D eigenvalue weighted by atomic mass is 9.83. The summed E-state index contributed by atoms with van der Waals surface area (Å²) in [5.41, 5.74) is 2.02. The lowest BCUT2D eigenvalue weighted by molar-refractivity contribution is 0.0575. The van der Waals surface area contributed by atoms with Crippen LogP contribution < -0.4 is 0 Å². The standard InChI is InChI=1S/C16H19Cl2N3/c1-10(17)16-19-13-4-2-3-12(18)15(13)21(16)14-9-20-7-5-11(14)6-8-20/h2-4,10-11,14H,5-9H2,1H3. The first-order chi connectivity index (χ1) is 10.1. The number of halogens is 2. The maximum Gasteiger partial charge on any atom is 0.128 e. The van der Waals surface area contributed by atoms with Gasteiger partial charge < -0.3 is 9.47 Å². The number of imidazole rings is 1. The number of benzene rings is 1. The minimum absolute atomic E-state index is 0.107. The number of nitrogens with zero attached hydrogens (tertiary/aromatic N) is 3. The number of hydrogen-bond acceptors (Lipinski definition) is 2. The van der Waals surface area contributed by atoms with E-state index in [1.54, 1.807) is 0 Å². The molecule has 5 heteroatoms. The van der Waals surface area contributed by atoms with Crippen LogP contribution in [0.1, 0.15) is 37.0 Å². The molecule has 3 aliphatic rings. The Balaban J connectivity index is 1.92. The molecule has 0 aliphatic carbocycles. The SMILES string of the molecule is CC(Cl)c1nc2cccc(Cl)c2n1C1CN2CCC1CC2. The van der Waals surface area contributed by atoms with Gasteiger partial charge in [-0.25, -0.2) is 4.98 Å². The molecule has 0 N–H and O–H groups in total. The highest BCUT2D eigenvalue weighted by molar-refractivity contribution is 6.35. The van der Waals surface area contributed by atoms with Crippen molar-refractivity contribution in [3.05, 3.63) is 29.0 Å². The smallest absolute Gasteiger partial charge is 0.128 e. The summed E-state index contributed by atoms with van der Waals surface area (Å²) < 4.78 is 2.34. The Bertz CT molecular complexity index is 671. The molecule has 4 heterocycles. The van der Waals surface area contributed by atoms with E-state index in [9.17, 15) is 0 Å². The minimum atomic E-state index is -0.107. The highest BCUT2D eigenvalue weighted by atomic mass is 35.5. The summed E-state index contributed by atoms with van der Waals surface area (Å²) in [7, 11) is 0. The molecule has 1 aromatic carbocycles. The van der Waals surface area contributed by atoms with Crippen molar-refractivity contribution in [2.45, 2.75) is 31.2 Å². The second-order valence-electron chi connectivity index (χ2n) is 6.27. The molecule has 2 bridgehead atoms. The third kappa shape index (κ3) is 2.18. The Hall–Kier alpha value is -0.770. The first-order valence-corrected chi connectivity index (χ1v) is 8.49. The predicted molar refractivity (Wildman–Crippen MR) is 87.2 cm³/mol. The zero-order valence-electron chi connectivity index (χ0n) is 12.1. The van der Waals surface area contributed by atoms with Crippen molar-refractivity contribution in [2.24, 2.45) is 5.92 Å². The van der Waals surface area contributed by atoms with Crippen molar-refractivity contribution in [1.82, 2.24) is 14.5 Å². The van der Waals surface area contributed by atoms with Crippen LogP contribution in [0.5, 0.6) is 0 Å². The molecule has 0 radical (unpaired) electrons. The monoisotopic (exact) mass is 323 g/mol. The lowest BCUT2D eigenvalue weighted by Crippen LogP contribution is -2.48. The Labute approximate surface area is 134 Å². The van der Waals surface area contributed by atoms with Crippen molar-refractivity contribution in [2.75, 3.05) is 19.6 Å². The molecule has 5 rings (SSSR count). The van der Waals surface area contributed by atoms with Crippen LogP contribution in [0.4, 0.5) is 0 Å². The minimum Gasteiger partial charge on any atom is -0.321 e. The molecule has 3 nitrogen and oxygen atoms in total. The van der Waals surface area contributed by atoms with Gasteiger partial charge in [-0.05, 0) is 50.9 Å². The molecule has 3 saturated heterocycles. The lowest BCUT2D eigenvalue weighted by Gasteiger charge is -2.46. The van der Waals surface area contributed by atoms with E-state index < -0.39 is 0 Å². The van der Waals surface area contributed by atoms with Crippen LogP contribution in [0.15, 0.2) is 18.2 Å². The molecule has 21 heavy (non-hydrogen) atoms. The summed E-state index contributed by atoms with van der Waals surface area (Å²) in [5, 5.41) is 0.670. The third-order valence-corrected chi connectivity index (χ3v) is 5.50. The van der Waals surface area contributed by atoms with Crippen LogP contribution >= 0.6 is 23.2 Å². The zero-order valence-corrected chi connectivity index (χ0v) is 13.6. The molecule has 2 atom stereocenters. The molecule has 2 unspecified atom stereocenters. The summed E-state index contributed by atoms with van der Waals surface area (Å²) in [6, 6.07) is 6.39. The van der Waals surface area contributed by atoms with Crippen molar-refractivity contribution < 1.29 is 0 Å². The van der Waals surface area contributed by atoms with E-state index in [-0.39, 0.29) is 5.38 Å². The van der Waals surface area contributed by atoms with Gasteiger partial charge in [0.15, 0.2) is 0 Å². The van der Waals surface area contributed by atoms with E-state index in [1.165, 1.54) is 25.9 Å². The summed E-state index contributed by atoms with van der Waals surface area (Å²) in [6.45, 7) is 5.55. The van der Waals surface area contributed by atoms with Crippen LogP contribution in [-0.4, -0.2) is 34.1 Å². The molecule has 0 spiro atoms. The molecule has 3 aliphatic heterocycles. The van der Waals surface area contributed by atoms with Crippen molar-refractivity contribution in [3.8, 4) is 0 Å². The van der Waals surface area contributed by atoms with Gasteiger partial charge in [-0.2, -0.15) is 0 Å². The number of para-hydroxylation sites is 1. The van der Waals surface area contributed by atoms with Gasteiger partial charge in [0.05, 0.1) is 27.5 Å². The largest absolute Gasteiger partial charge is 0.321 e. The highest BCUT2D eigenvalue weighted by Gasteiger charge is 2.37. The zero-order chi connectivity index (χ0) is 14.6. The molecular formula is C16H19Cl2N3. The fourth-order valence-electron chi connectivity index (χ4n) is 3.97. The van der Waals surface area contributed by atoms with E-state index in [4.69, 9.17) is 28.2 Å². The first kappa shape index (κ1) is 13.9. The molecule has 0 amide bonds. The molecule has 112 valence electrons. The third-order valence-electron chi connectivity index (χ3n) is 5.00. The number of fused-ring (bicyclic) bond motifs is 4. The van der Waals surface area contributed by atoms with Crippen molar-refractivity contribution in [1.29, 1.82) is 0 Å². The number of alkyl halides is 1. The number of piperidine rings is 3. The normalized spacial score (nSPS) is 30.0. The van der Waals surface area contributed by atoms with Crippen LogP contribution in [-0.2, 0) is 0 Å². The average molecular weight is 324 g/mol. The van der Waals surface area contributed by atoms with Gasteiger partial charge in [0.1, 0.15) is 5.82 Å². The van der Waals surface area contributed by atoms with Crippen molar-refractivity contribution >= 4 is 34.2 Å². The molecule has 3 fully saturated rings. The van der Waals surface area contributed by atoms with Gasteiger partial charge in [-0.3, -0.25) is 0 Å². The van der Waals surface area contributed by atoms with E-state index in [1.807, 2.05) is 25.1 Å². The molecule has 0 saturated carbocycles. The summed E-state index contributed by atoms with van der Waals surface area (Å²) in [5.74, 6) is 1.68. The molecule has 2 aromatic rings. The fourth-order valence-corrected chi connectivity index (χ4v) is 4.38. The maximum absolute atomic E-state index is 6.48. The van der Waals surface area contributed by atoms with Gasteiger partial charge in [-0.15, -0.1) is 11.6 Å². The average Bonchev–Trinajstić information content (AvgIpc) is 2.89. The number of rotatable bonds is 2. The number of hydrogen-bond donors (Lipinski definition) is 0.